The molecule has 3 heterocycles. The Bertz CT molecular complexity index is 2920. The van der Waals surface area contributed by atoms with Gasteiger partial charge in [0.1, 0.15) is 0 Å². The van der Waals surface area contributed by atoms with Crippen molar-refractivity contribution in [1.29, 1.82) is 0 Å². The second-order valence-electron chi connectivity index (χ2n) is 12.6. The molecule has 0 saturated carbocycles. The number of pyridine rings is 2. The molecule has 0 aliphatic rings. The molecule has 0 N–H and O–H groups in total. The van der Waals surface area contributed by atoms with Crippen LogP contribution in [-0.4, -0.2) is 29.5 Å². The third-order valence-corrected chi connectivity index (χ3v) is 16.9. The van der Waals surface area contributed by atoms with E-state index >= 15 is 0 Å². The zero-order valence-corrected chi connectivity index (χ0v) is 29.0. The Morgan fingerprint density at radius 1 is 0.490 bits per heavy atom. The Balaban J connectivity index is 1.34. The number of nitrogens with zero attached hydrogens (tertiary/aromatic N) is 3. The van der Waals surface area contributed by atoms with E-state index in [1.807, 2.05) is 12.4 Å². The van der Waals surface area contributed by atoms with E-state index in [0.717, 1.165) is 44.1 Å². The molecule has 0 bridgehead atoms. The molecule has 0 aliphatic carbocycles. The van der Waals surface area contributed by atoms with Gasteiger partial charge in [-0.1, -0.05) is 18.2 Å². The van der Waals surface area contributed by atoms with Crippen molar-refractivity contribution in [3.63, 3.8) is 0 Å². The first-order valence-corrected chi connectivity index (χ1v) is 20.4. The summed E-state index contributed by atoms with van der Waals surface area (Å²) in [6, 6.07) is 57.3. The first kappa shape index (κ1) is 28.6. The Kier molecular flexibility index (Phi) is 6.48. The number of fused-ring (bicyclic) bond motifs is 11. The Morgan fingerprint density at radius 3 is 2.02 bits per heavy atom. The van der Waals surface area contributed by atoms with E-state index in [4.69, 9.17) is 4.98 Å². The van der Waals surface area contributed by atoms with Crippen molar-refractivity contribution >= 4 is 96.4 Å². The van der Waals surface area contributed by atoms with E-state index in [1.54, 1.807) is 0 Å². The predicted molar refractivity (Wildman–Crippen MR) is 210 cm³/mol. The van der Waals surface area contributed by atoms with Crippen molar-refractivity contribution in [2.75, 3.05) is 0 Å². The summed E-state index contributed by atoms with van der Waals surface area (Å²) in [5, 5.41) is 12.2. The normalized spacial score (nSPS) is 12.2. The van der Waals surface area contributed by atoms with Crippen molar-refractivity contribution in [3.05, 3.63) is 170 Å². The van der Waals surface area contributed by atoms with E-state index in [9.17, 15) is 0 Å². The van der Waals surface area contributed by atoms with Gasteiger partial charge in [-0.2, -0.15) is 0 Å². The molecule has 0 unspecified atom stereocenters. The van der Waals surface area contributed by atoms with E-state index in [2.05, 4.69) is 182 Å². The quantitative estimate of drug-likeness (QED) is 0.104. The molecule has 3 aromatic heterocycles. The van der Waals surface area contributed by atoms with Gasteiger partial charge in [0, 0.05) is 6.20 Å². The van der Waals surface area contributed by atoms with Gasteiger partial charge in [-0.05, 0) is 0 Å². The van der Waals surface area contributed by atoms with Crippen LogP contribution in [-0.2, 0) is 0 Å². The molecule has 5 heteroatoms. The molecule has 49 heavy (non-hydrogen) atoms. The van der Waals surface area contributed by atoms with Crippen LogP contribution in [0.4, 0.5) is 0 Å². The molecule has 0 atom stereocenters. The molecule has 0 radical (unpaired) electrons. The molecular formula is C44H28N3PSe. The molecule has 0 fully saturated rings. The molecule has 0 aliphatic heterocycles. The van der Waals surface area contributed by atoms with Crippen LogP contribution in [0.25, 0.3) is 71.0 Å². The first-order chi connectivity index (χ1) is 24.2. The first-order valence-electron chi connectivity index (χ1n) is 16.4. The number of benzene rings is 7. The van der Waals surface area contributed by atoms with Crippen molar-refractivity contribution in [3.8, 4) is 11.1 Å². The second kappa shape index (κ2) is 11.1. The van der Waals surface area contributed by atoms with Crippen LogP contribution < -0.4 is 15.9 Å². The Hall–Kier alpha value is -5.37. The number of rotatable bonds is 4. The van der Waals surface area contributed by atoms with Gasteiger partial charge in [-0.25, -0.2) is 0 Å². The maximum absolute atomic E-state index is 5.31. The number of aromatic nitrogens is 3. The monoisotopic (exact) mass is 709 g/mol. The number of hydrogen-bond donors (Lipinski definition) is 0. The summed E-state index contributed by atoms with van der Waals surface area (Å²) in [4.78, 5) is 9.93. The molecule has 0 saturated heterocycles. The number of para-hydroxylation sites is 2. The Morgan fingerprint density at radius 2 is 1.20 bits per heavy atom. The third kappa shape index (κ3) is 4.32. The fourth-order valence-corrected chi connectivity index (χ4v) is 12.5. The van der Waals surface area contributed by atoms with E-state index in [1.165, 1.54) is 42.8 Å². The van der Waals surface area contributed by atoms with Crippen molar-refractivity contribution < 1.29 is 0 Å². The van der Waals surface area contributed by atoms with Gasteiger partial charge in [-0.3, -0.25) is 0 Å². The molecule has 10 aromatic rings. The van der Waals surface area contributed by atoms with Crippen LogP contribution in [0, 0.1) is 0 Å². The van der Waals surface area contributed by atoms with Gasteiger partial charge < -0.3 is 0 Å². The maximum atomic E-state index is 5.31. The average Bonchev–Trinajstić information content (AvgIpc) is 3.57. The number of hydrogen-bond acceptors (Lipinski definition) is 2. The molecule has 3 nitrogen and oxygen atoms in total. The van der Waals surface area contributed by atoms with E-state index < -0.39 is 5.51 Å². The van der Waals surface area contributed by atoms with Gasteiger partial charge in [0.25, 0.3) is 0 Å². The average molecular weight is 709 g/mol. The molecule has 230 valence electrons. The van der Waals surface area contributed by atoms with Gasteiger partial charge in [0.15, 0.2) is 0 Å². The SMILES string of the molecule is [Se]=P(c1ccccc1)(c1ccccc1)c1ccc2c(c1)c1ccc3ccc(-c4cncc5ccccc45)cc3c1c1nc3ccccc3n21. The minimum atomic E-state index is -2.08. The summed E-state index contributed by atoms with van der Waals surface area (Å²) in [7, 11) is 0. The van der Waals surface area contributed by atoms with E-state index in [0.29, 0.717) is 0 Å². The topological polar surface area (TPSA) is 30.2 Å². The van der Waals surface area contributed by atoms with Crippen LogP contribution in [0.5, 0.6) is 0 Å². The molecular weight excluding hydrogens is 680 g/mol. The summed E-state index contributed by atoms with van der Waals surface area (Å²) in [6.07, 6.45) is 3.93. The van der Waals surface area contributed by atoms with Crippen LogP contribution in [0.2, 0.25) is 0 Å². The number of imidazole rings is 1. The third-order valence-electron chi connectivity index (χ3n) is 9.90. The Labute approximate surface area is 290 Å². The molecule has 0 spiro atoms. The van der Waals surface area contributed by atoms with Crippen molar-refractivity contribution in [2.45, 2.75) is 0 Å². The van der Waals surface area contributed by atoms with Gasteiger partial charge in [-0.15, -0.1) is 0 Å². The van der Waals surface area contributed by atoms with Crippen molar-refractivity contribution in [1.82, 2.24) is 14.4 Å². The summed E-state index contributed by atoms with van der Waals surface area (Å²) in [6.45, 7) is 0. The summed E-state index contributed by atoms with van der Waals surface area (Å²) >= 11 is 3.77. The molecule has 0 amide bonds. The zero-order valence-electron chi connectivity index (χ0n) is 26.4. The van der Waals surface area contributed by atoms with Crippen LogP contribution in [0.15, 0.2) is 170 Å². The van der Waals surface area contributed by atoms with Crippen LogP contribution in [0.1, 0.15) is 0 Å². The van der Waals surface area contributed by atoms with Crippen LogP contribution in [0.3, 0.4) is 0 Å². The summed E-state index contributed by atoms with van der Waals surface area (Å²) < 4.78 is 2.37. The van der Waals surface area contributed by atoms with E-state index in [-0.39, 0.29) is 0 Å². The van der Waals surface area contributed by atoms with Crippen LogP contribution >= 0.6 is 5.51 Å². The fourth-order valence-electron chi connectivity index (χ4n) is 7.59. The second-order valence-corrected chi connectivity index (χ2v) is 18.8. The zero-order chi connectivity index (χ0) is 32.5. The van der Waals surface area contributed by atoms with Gasteiger partial charge in [0.05, 0.1) is 0 Å². The van der Waals surface area contributed by atoms with Gasteiger partial charge in [0.2, 0.25) is 0 Å². The van der Waals surface area contributed by atoms with Gasteiger partial charge >= 0.3 is 268 Å². The molecule has 10 rings (SSSR count). The minimum absolute atomic E-state index is 0.977. The standard InChI is InChI=1S/C44H28N3PSe/c49-48(32-12-3-1-4-13-32,33-14-5-2-6-15-33)34-22-24-41-38(26-34)36-23-21-29-19-20-30(39-28-45-27-31-11-7-8-16-35(31)39)25-37(29)43(36)44-46-40-17-9-10-18-42(40)47(41)44/h1-28H. The fraction of sp³-hybridized carbons (Fsp3) is 0. The predicted octanol–water partition coefficient (Wildman–Crippen LogP) is 9.54. The summed E-state index contributed by atoms with van der Waals surface area (Å²) in [5.41, 5.74) is 4.43. The molecule has 7 aromatic carbocycles. The van der Waals surface area contributed by atoms with Crippen molar-refractivity contribution in [2.24, 2.45) is 0 Å². The summed E-state index contributed by atoms with van der Waals surface area (Å²) in [5.74, 6) is 0.